The second-order valence-electron chi connectivity index (χ2n) is 5.36. The number of para-hydroxylation sites is 1. The Bertz CT molecular complexity index is 790. The summed E-state index contributed by atoms with van der Waals surface area (Å²) in [6.07, 6.45) is 1.81. The standard InChI is InChI=1S/C18H17N3O.2H2O/c1-2-6-15-14(5-1)18(21-9-11-22-12-10-21)13-17(20-15)16-7-3-4-8-19-16;;/h1-8,13H,9-12H2;2*1H2. The summed E-state index contributed by atoms with van der Waals surface area (Å²) < 4.78 is 5.48. The molecular formula is C18H21N3O3. The number of hydrogen-bond acceptors (Lipinski definition) is 4. The number of pyridine rings is 2. The Morgan fingerprint density at radius 3 is 2.38 bits per heavy atom. The van der Waals surface area contributed by atoms with Crippen LogP contribution in [0.25, 0.3) is 22.3 Å². The van der Waals surface area contributed by atoms with E-state index in [4.69, 9.17) is 9.72 Å². The van der Waals surface area contributed by atoms with Gasteiger partial charge in [0.05, 0.1) is 30.1 Å². The van der Waals surface area contributed by atoms with Crippen LogP contribution in [-0.4, -0.2) is 47.2 Å². The summed E-state index contributed by atoms with van der Waals surface area (Å²) in [6.45, 7) is 3.37. The van der Waals surface area contributed by atoms with Crippen molar-refractivity contribution in [3.05, 3.63) is 54.7 Å². The summed E-state index contributed by atoms with van der Waals surface area (Å²) >= 11 is 0. The molecule has 6 heteroatoms. The van der Waals surface area contributed by atoms with Crippen LogP contribution in [0.2, 0.25) is 0 Å². The fourth-order valence-corrected chi connectivity index (χ4v) is 2.87. The lowest BCUT2D eigenvalue weighted by molar-refractivity contribution is 0.123. The average molecular weight is 327 g/mol. The number of aromatic nitrogens is 2. The summed E-state index contributed by atoms with van der Waals surface area (Å²) in [5.74, 6) is 0. The van der Waals surface area contributed by atoms with Crippen molar-refractivity contribution >= 4 is 16.6 Å². The summed E-state index contributed by atoms with van der Waals surface area (Å²) in [6, 6.07) is 16.4. The van der Waals surface area contributed by atoms with Gasteiger partial charge in [-0.3, -0.25) is 4.98 Å². The number of hydrogen-bond donors (Lipinski definition) is 0. The zero-order valence-corrected chi connectivity index (χ0v) is 13.3. The van der Waals surface area contributed by atoms with Gasteiger partial charge < -0.3 is 20.6 Å². The molecule has 0 saturated carbocycles. The third kappa shape index (κ3) is 3.35. The Kier molecular flexibility index (Phi) is 5.81. The molecule has 6 nitrogen and oxygen atoms in total. The molecule has 0 spiro atoms. The number of rotatable bonds is 2. The number of ether oxygens (including phenoxy) is 1. The zero-order chi connectivity index (χ0) is 14.8. The number of morpholine rings is 1. The third-order valence-corrected chi connectivity index (χ3v) is 3.97. The third-order valence-electron chi connectivity index (χ3n) is 3.97. The first kappa shape index (κ1) is 17.8. The van der Waals surface area contributed by atoms with E-state index in [9.17, 15) is 0 Å². The smallest absolute Gasteiger partial charge is 0.0914 e. The minimum Gasteiger partial charge on any atom is -0.412 e. The molecule has 3 heterocycles. The quantitative estimate of drug-likeness (QED) is 0.711. The number of anilines is 1. The second kappa shape index (κ2) is 7.83. The van der Waals surface area contributed by atoms with Crippen LogP contribution < -0.4 is 4.90 Å². The molecule has 1 saturated heterocycles. The molecule has 1 aliphatic rings. The fourth-order valence-electron chi connectivity index (χ4n) is 2.87. The van der Waals surface area contributed by atoms with Gasteiger partial charge in [0.2, 0.25) is 0 Å². The molecule has 0 amide bonds. The zero-order valence-electron chi connectivity index (χ0n) is 13.3. The maximum atomic E-state index is 5.48. The molecule has 0 radical (unpaired) electrons. The predicted octanol–water partition coefficient (Wildman–Crippen LogP) is 1.48. The SMILES string of the molecule is O.O.c1ccc(-c2cc(N3CCOCC3)c3ccccc3n2)nc1. The van der Waals surface area contributed by atoms with Crippen molar-refractivity contribution in [2.45, 2.75) is 0 Å². The average Bonchev–Trinajstić information content (AvgIpc) is 2.62. The van der Waals surface area contributed by atoms with Gasteiger partial charge in [-0.25, -0.2) is 4.98 Å². The monoisotopic (exact) mass is 327 g/mol. The van der Waals surface area contributed by atoms with Crippen LogP contribution in [0.3, 0.4) is 0 Å². The minimum atomic E-state index is 0. The Hall–Kier alpha value is -2.54. The van der Waals surface area contributed by atoms with Crippen molar-refractivity contribution in [2.75, 3.05) is 31.2 Å². The van der Waals surface area contributed by atoms with E-state index in [0.29, 0.717) is 0 Å². The molecular weight excluding hydrogens is 306 g/mol. The molecule has 0 atom stereocenters. The topological polar surface area (TPSA) is 101 Å². The van der Waals surface area contributed by atoms with E-state index >= 15 is 0 Å². The normalized spacial score (nSPS) is 13.9. The summed E-state index contributed by atoms with van der Waals surface area (Å²) in [5, 5.41) is 1.18. The number of fused-ring (bicyclic) bond motifs is 1. The number of nitrogens with zero attached hydrogens (tertiary/aromatic N) is 3. The highest BCUT2D eigenvalue weighted by atomic mass is 16.5. The first-order valence-corrected chi connectivity index (χ1v) is 7.56. The van der Waals surface area contributed by atoms with Gasteiger partial charge in [-0.1, -0.05) is 24.3 Å². The van der Waals surface area contributed by atoms with Crippen LogP contribution in [0.5, 0.6) is 0 Å². The molecule has 1 fully saturated rings. The highest BCUT2D eigenvalue weighted by Crippen LogP contribution is 2.30. The van der Waals surface area contributed by atoms with Gasteiger partial charge in [0.15, 0.2) is 0 Å². The highest BCUT2D eigenvalue weighted by Gasteiger charge is 2.16. The molecule has 3 aromatic rings. The predicted molar refractivity (Wildman–Crippen MR) is 95.2 cm³/mol. The second-order valence-corrected chi connectivity index (χ2v) is 5.36. The van der Waals surface area contributed by atoms with Gasteiger partial charge in [-0.2, -0.15) is 0 Å². The van der Waals surface area contributed by atoms with Crippen molar-refractivity contribution in [1.29, 1.82) is 0 Å². The fraction of sp³-hybridized carbons (Fsp3) is 0.222. The molecule has 126 valence electrons. The van der Waals surface area contributed by atoms with Gasteiger partial charge in [-0.15, -0.1) is 0 Å². The van der Waals surface area contributed by atoms with Crippen molar-refractivity contribution in [1.82, 2.24) is 9.97 Å². The molecule has 24 heavy (non-hydrogen) atoms. The Labute approximate surface area is 140 Å². The summed E-state index contributed by atoms with van der Waals surface area (Å²) in [5.41, 5.74) is 4.05. The van der Waals surface area contributed by atoms with E-state index < -0.39 is 0 Å². The lowest BCUT2D eigenvalue weighted by atomic mass is 10.1. The summed E-state index contributed by atoms with van der Waals surface area (Å²) in [4.78, 5) is 11.6. The largest absolute Gasteiger partial charge is 0.412 e. The van der Waals surface area contributed by atoms with E-state index in [0.717, 1.165) is 43.2 Å². The summed E-state index contributed by atoms with van der Waals surface area (Å²) in [7, 11) is 0. The van der Waals surface area contributed by atoms with Gasteiger partial charge in [-0.05, 0) is 24.3 Å². The Balaban J connectivity index is 0.00000104. The van der Waals surface area contributed by atoms with Gasteiger partial charge in [0, 0.05) is 30.4 Å². The van der Waals surface area contributed by atoms with Crippen molar-refractivity contribution in [3.8, 4) is 11.4 Å². The first-order chi connectivity index (χ1) is 10.9. The van der Waals surface area contributed by atoms with Crippen LogP contribution in [0.4, 0.5) is 5.69 Å². The van der Waals surface area contributed by atoms with Gasteiger partial charge in [0.1, 0.15) is 0 Å². The Morgan fingerprint density at radius 1 is 0.875 bits per heavy atom. The lowest BCUT2D eigenvalue weighted by Crippen LogP contribution is -2.36. The first-order valence-electron chi connectivity index (χ1n) is 7.56. The lowest BCUT2D eigenvalue weighted by Gasteiger charge is -2.30. The van der Waals surface area contributed by atoms with Crippen molar-refractivity contribution in [3.63, 3.8) is 0 Å². The van der Waals surface area contributed by atoms with E-state index in [1.807, 2.05) is 24.3 Å². The van der Waals surface area contributed by atoms with E-state index in [1.54, 1.807) is 6.20 Å². The van der Waals surface area contributed by atoms with Crippen LogP contribution in [0, 0.1) is 0 Å². The molecule has 4 rings (SSSR count). The van der Waals surface area contributed by atoms with E-state index in [1.165, 1.54) is 11.1 Å². The van der Waals surface area contributed by atoms with E-state index in [2.05, 4.69) is 34.1 Å². The van der Waals surface area contributed by atoms with Crippen molar-refractivity contribution in [2.24, 2.45) is 0 Å². The molecule has 1 aromatic carbocycles. The molecule has 1 aliphatic heterocycles. The molecule has 0 aliphatic carbocycles. The molecule has 4 N–H and O–H groups in total. The van der Waals surface area contributed by atoms with Gasteiger partial charge in [0.25, 0.3) is 0 Å². The maximum absolute atomic E-state index is 5.48. The van der Waals surface area contributed by atoms with Gasteiger partial charge >= 0.3 is 0 Å². The maximum Gasteiger partial charge on any atom is 0.0914 e. The van der Waals surface area contributed by atoms with Crippen LogP contribution >= 0.6 is 0 Å². The molecule has 2 aromatic heterocycles. The van der Waals surface area contributed by atoms with E-state index in [-0.39, 0.29) is 11.0 Å². The van der Waals surface area contributed by atoms with Crippen molar-refractivity contribution < 1.29 is 15.7 Å². The van der Waals surface area contributed by atoms with Crippen LogP contribution in [-0.2, 0) is 4.74 Å². The Morgan fingerprint density at radius 2 is 1.62 bits per heavy atom. The van der Waals surface area contributed by atoms with Crippen LogP contribution in [0.1, 0.15) is 0 Å². The minimum absolute atomic E-state index is 0. The molecule has 0 bridgehead atoms. The molecule has 0 unspecified atom stereocenters. The van der Waals surface area contributed by atoms with Crippen LogP contribution in [0.15, 0.2) is 54.7 Å². The number of benzene rings is 1. The highest BCUT2D eigenvalue weighted by molar-refractivity contribution is 5.94.